The van der Waals surface area contributed by atoms with Crippen molar-refractivity contribution < 1.29 is 9.90 Å². The lowest BCUT2D eigenvalue weighted by atomic mass is 10.1. The van der Waals surface area contributed by atoms with Crippen LogP contribution in [0.15, 0.2) is 35.7 Å². The van der Waals surface area contributed by atoms with Crippen molar-refractivity contribution in [2.75, 3.05) is 0 Å². The molecule has 0 bridgehead atoms. The molecule has 0 radical (unpaired) electrons. The van der Waals surface area contributed by atoms with Gasteiger partial charge < -0.3 is 10.4 Å². The van der Waals surface area contributed by atoms with Crippen molar-refractivity contribution in [1.82, 2.24) is 5.32 Å². The average molecular weight is 273 g/mol. The highest BCUT2D eigenvalue weighted by Crippen LogP contribution is 2.31. The minimum Gasteiger partial charge on any atom is -0.477 e. The summed E-state index contributed by atoms with van der Waals surface area (Å²) in [6, 6.07) is 10.7. The van der Waals surface area contributed by atoms with Gasteiger partial charge in [0.25, 0.3) is 0 Å². The minimum atomic E-state index is -0.835. The van der Waals surface area contributed by atoms with E-state index >= 15 is 0 Å². The van der Waals surface area contributed by atoms with E-state index in [0.29, 0.717) is 17.5 Å². The average Bonchev–Trinajstić information content (AvgIpc) is 3.03. The number of hydrogen-bond acceptors (Lipinski definition) is 3. The van der Waals surface area contributed by atoms with Crippen LogP contribution < -0.4 is 5.32 Å². The Morgan fingerprint density at radius 3 is 3.05 bits per heavy atom. The van der Waals surface area contributed by atoms with Crippen LogP contribution in [0.3, 0.4) is 0 Å². The second-order valence-corrected chi connectivity index (χ2v) is 5.67. The molecule has 1 aliphatic rings. The second kappa shape index (κ2) is 5.15. The first kappa shape index (κ1) is 12.4. The van der Waals surface area contributed by atoms with E-state index in [4.69, 9.17) is 5.11 Å². The number of carboxylic acid groups (broad SMARTS) is 1. The monoisotopic (exact) mass is 273 g/mol. The van der Waals surface area contributed by atoms with Gasteiger partial charge in [-0.15, -0.1) is 11.3 Å². The first-order valence-electron chi connectivity index (χ1n) is 6.36. The molecule has 1 aromatic carbocycles. The SMILES string of the molecule is O=C(O)c1sccc1CNC1CCc2ccccc21. The Morgan fingerprint density at radius 2 is 2.21 bits per heavy atom. The quantitative estimate of drug-likeness (QED) is 0.899. The number of thiophene rings is 1. The summed E-state index contributed by atoms with van der Waals surface area (Å²) in [5, 5.41) is 14.4. The van der Waals surface area contributed by atoms with E-state index in [2.05, 4.69) is 29.6 Å². The Balaban J connectivity index is 1.71. The minimum absolute atomic E-state index is 0.345. The molecule has 0 saturated carbocycles. The lowest BCUT2D eigenvalue weighted by Crippen LogP contribution is -2.19. The Labute approximate surface area is 115 Å². The van der Waals surface area contributed by atoms with E-state index in [-0.39, 0.29) is 0 Å². The van der Waals surface area contributed by atoms with Crippen molar-refractivity contribution >= 4 is 17.3 Å². The van der Waals surface area contributed by atoms with E-state index in [0.717, 1.165) is 18.4 Å². The summed E-state index contributed by atoms with van der Waals surface area (Å²) in [4.78, 5) is 11.5. The van der Waals surface area contributed by atoms with Crippen LogP contribution in [0.25, 0.3) is 0 Å². The third kappa shape index (κ3) is 2.41. The number of nitrogens with one attached hydrogen (secondary N) is 1. The summed E-state index contributed by atoms with van der Waals surface area (Å²) >= 11 is 1.29. The zero-order valence-electron chi connectivity index (χ0n) is 10.4. The van der Waals surface area contributed by atoms with E-state index in [9.17, 15) is 4.79 Å². The fraction of sp³-hybridized carbons (Fsp3) is 0.267. The van der Waals surface area contributed by atoms with Crippen molar-refractivity contribution in [3.05, 3.63) is 57.3 Å². The van der Waals surface area contributed by atoms with E-state index in [1.165, 1.54) is 22.5 Å². The summed E-state index contributed by atoms with van der Waals surface area (Å²) in [5.41, 5.74) is 3.64. The van der Waals surface area contributed by atoms with Gasteiger partial charge in [-0.05, 0) is 41.0 Å². The van der Waals surface area contributed by atoms with Crippen molar-refractivity contribution in [2.45, 2.75) is 25.4 Å². The Hall–Kier alpha value is -1.65. The molecule has 98 valence electrons. The molecule has 3 nitrogen and oxygen atoms in total. The third-order valence-electron chi connectivity index (χ3n) is 3.61. The van der Waals surface area contributed by atoms with Crippen LogP contribution in [0.2, 0.25) is 0 Å². The largest absolute Gasteiger partial charge is 0.477 e. The maximum Gasteiger partial charge on any atom is 0.346 e. The van der Waals surface area contributed by atoms with E-state index < -0.39 is 5.97 Å². The van der Waals surface area contributed by atoms with Crippen LogP contribution in [0.4, 0.5) is 0 Å². The number of benzene rings is 1. The molecule has 0 saturated heterocycles. The van der Waals surface area contributed by atoms with Gasteiger partial charge >= 0.3 is 5.97 Å². The van der Waals surface area contributed by atoms with E-state index in [1.54, 1.807) is 0 Å². The maximum atomic E-state index is 11.1. The first-order chi connectivity index (χ1) is 9.25. The number of aromatic carboxylic acids is 1. The molecule has 2 N–H and O–H groups in total. The fourth-order valence-corrected chi connectivity index (χ4v) is 3.43. The zero-order valence-corrected chi connectivity index (χ0v) is 11.2. The summed E-state index contributed by atoms with van der Waals surface area (Å²) in [6.45, 7) is 0.615. The standard InChI is InChI=1S/C15H15NO2S/c17-15(18)14-11(7-8-19-14)9-16-13-6-5-10-3-1-2-4-12(10)13/h1-4,7-8,13,16H,5-6,9H2,(H,17,18). The van der Waals surface area contributed by atoms with Gasteiger partial charge in [0, 0.05) is 12.6 Å². The second-order valence-electron chi connectivity index (χ2n) is 4.75. The lowest BCUT2D eigenvalue weighted by molar-refractivity contribution is 0.0701. The topological polar surface area (TPSA) is 49.3 Å². The van der Waals surface area contributed by atoms with Gasteiger partial charge in [-0.1, -0.05) is 24.3 Å². The van der Waals surface area contributed by atoms with Crippen LogP contribution in [0.5, 0.6) is 0 Å². The van der Waals surface area contributed by atoms with Crippen molar-refractivity contribution in [2.24, 2.45) is 0 Å². The van der Waals surface area contributed by atoms with Gasteiger partial charge in [-0.25, -0.2) is 4.79 Å². The molecule has 0 amide bonds. The molecule has 1 unspecified atom stereocenters. The smallest absolute Gasteiger partial charge is 0.346 e. The summed E-state index contributed by atoms with van der Waals surface area (Å²) < 4.78 is 0. The maximum absolute atomic E-state index is 11.1. The molecule has 4 heteroatoms. The molecule has 1 atom stereocenters. The number of carbonyl (C=O) groups is 1. The van der Waals surface area contributed by atoms with Crippen LogP contribution in [-0.2, 0) is 13.0 Å². The molecule has 1 aliphatic carbocycles. The van der Waals surface area contributed by atoms with Crippen LogP contribution in [0.1, 0.15) is 38.8 Å². The molecular weight excluding hydrogens is 258 g/mol. The van der Waals surface area contributed by atoms with Gasteiger partial charge in [0.1, 0.15) is 4.88 Å². The van der Waals surface area contributed by atoms with Gasteiger partial charge in [-0.3, -0.25) is 0 Å². The van der Waals surface area contributed by atoms with Gasteiger partial charge in [0.15, 0.2) is 0 Å². The first-order valence-corrected chi connectivity index (χ1v) is 7.24. The van der Waals surface area contributed by atoms with Crippen LogP contribution >= 0.6 is 11.3 Å². The van der Waals surface area contributed by atoms with E-state index in [1.807, 2.05) is 11.4 Å². The zero-order chi connectivity index (χ0) is 13.2. The number of aryl methyl sites for hydroxylation is 1. The summed E-state index contributed by atoms with van der Waals surface area (Å²) in [7, 11) is 0. The molecule has 3 rings (SSSR count). The van der Waals surface area contributed by atoms with Crippen molar-refractivity contribution in [1.29, 1.82) is 0 Å². The highest BCUT2D eigenvalue weighted by atomic mass is 32.1. The molecule has 1 heterocycles. The summed E-state index contributed by atoms with van der Waals surface area (Å²) in [6.07, 6.45) is 2.19. The molecule has 19 heavy (non-hydrogen) atoms. The third-order valence-corrected chi connectivity index (χ3v) is 4.56. The number of carboxylic acids is 1. The van der Waals surface area contributed by atoms with Crippen LogP contribution in [0, 0.1) is 0 Å². The normalized spacial score (nSPS) is 17.4. The summed E-state index contributed by atoms with van der Waals surface area (Å²) in [5.74, 6) is -0.835. The van der Waals surface area contributed by atoms with Gasteiger partial charge in [0.2, 0.25) is 0 Å². The number of fused-ring (bicyclic) bond motifs is 1. The predicted molar refractivity (Wildman–Crippen MR) is 75.6 cm³/mol. The molecule has 2 aromatic rings. The number of rotatable bonds is 4. The Bertz CT molecular complexity index is 606. The highest BCUT2D eigenvalue weighted by Gasteiger charge is 2.22. The lowest BCUT2D eigenvalue weighted by Gasteiger charge is -2.13. The molecule has 0 fully saturated rings. The number of hydrogen-bond donors (Lipinski definition) is 2. The van der Waals surface area contributed by atoms with Gasteiger partial charge in [-0.2, -0.15) is 0 Å². The Kier molecular flexibility index (Phi) is 3.36. The highest BCUT2D eigenvalue weighted by molar-refractivity contribution is 7.12. The fourth-order valence-electron chi connectivity index (χ4n) is 2.66. The predicted octanol–water partition coefficient (Wildman–Crippen LogP) is 3.22. The molecule has 1 aromatic heterocycles. The molecule has 0 aliphatic heterocycles. The van der Waals surface area contributed by atoms with Crippen LogP contribution in [-0.4, -0.2) is 11.1 Å². The molecular formula is C15H15NO2S. The Morgan fingerprint density at radius 1 is 1.37 bits per heavy atom. The van der Waals surface area contributed by atoms with Crippen molar-refractivity contribution in [3.63, 3.8) is 0 Å². The van der Waals surface area contributed by atoms with Crippen molar-refractivity contribution in [3.8, 4) is 0 Å². The molecule has 0 spiro atoms. The van der Waals surface area contributed by atoms with Gasteiger partial charge in [0.05, 0.1) is 0 Å².